The number of carbonyl (C=O) groups is 2. The topological polar surface area (TPSA) is 73.9 Å². The lowest BCUT2D eigenvalue weighted by Crippen LogP contribution is -2.34. The molecule has 0 radical (unpaired) electrons. The van der Waals surface area contributed by atoms with Crippen molar-refractivity contribution in [3.8, 4) is 5.75 Å². The molecule has 0 bridgehead atoms. The van der Waals surface area contributed by atoms with Crippen molar-refractivity contribution in [3.63, 3.8) is 0 Å². The average Bonchev–Trinajstić information content (AvgIpc) is 3.14. The Bertz CT molecular complexity index is 836. The second-order valence-corrected chi connectivity index (χ2v) is 6.90. The number of anilines is 1. The number of rotatable bonds is 7. The van der Waals surface area contributed by atoms with Gasteiger partial charge in [0.15, 0.2) is 0 Å². The summed E-state index contributed by atoms with van der Waals surface area (Å²) in [6, 6.07) is 14.8. The van der Waals surface area contributed by atoms with Gasteiger partial charge in [-0.05, 0) is 56.1 Å². The normalized spacial score (nSPS) is 14.7. The van der Waals surface area contributed by atoms with Crippen molar-refractivity contribution in [2.24, 2.45) is 0 Å². The molecule has 3 rings (SSSR count). The molecule has 7 nitrogen and oxygen atoms in total. The number of nitrogens with zero attached hydrogens (tertiary/aromatic N) is 2. The van der Waals surface area contributed by atoms with Gasteiger partial charge in [-0.15, -0.1) is 0 Å². The van der Waals surface area contributed by atoms with Crippen LogP contribution in [0.2, 0.25) is 0 Å². The minimum absolute atomic E-state index is 0.0200. The Labute approximate surface area is 165 Å². The molecule has 0 aliphatic carbocycles. The van der Waals surface area contributed by atoms with Crippen LogP contribution < -0.4 is 20.3 Å². The number of ether oxygens (including phenoxy) is 1. The molecule has 2 N–H and O–H groups in total. The fourth-order valence-corrected chi connectivity index (χ4v) is 3.25. The van der Waals surface area contributed by atoms with E-state index in [0.29, 0.717) is 25.2 Å². The van der Waals surface area contributed by atoms with E-state index < -0.39 is 0 Å². The maximum Gasteiger partial charge on any atom is 0.321 e. The molecule has 1 aliphatic heterocycles. The van der Waals surface area contributed by atoms with Crippen LogP contribution in [0.25, 0.3) is 0 Å². The zero-order valence-electron chi connectivity index (χ0n) is 16.4. The summed E-state index contributed by atoms with van der Waals surface area (Å²) in [5.74, 6) is 0.643. The molecular weight excluding hydrogens is 356 g/mol. The van der Waals surface area contributed by atoms with Crippen LogP contribution in [0.3, 0.4) is 0 Å². The predicted octanol–water partition coefficient (Wildman–Crippen LogP) is 2.26. The van der Waals surface area contributed by atoms with E-state index in [-0.39, 0.29) is 18.0 Å². The molecule has 3 amide bonds. The van der Waals surface area contributed by atoms with Crippen molar-refractivity contribution in [2.75, 3.05) is 45.7 Å². The molecule has 1 fully saturated rings. The fourth-order valence-electron chi connectivity index (χ4n) is 3.25. The van der Waals surface area contributed by atoms with E-state index in [9.17, 15) is 9.59 Å². The number of urea groups is 1. The summed E-state index contributed by atoms with van der Waals surface area (Å²) >= 11 is 0. The highest BCUT2D eigenvalue weighted by molar-refractivity contribution is 5.97. The van der Waals surface area contributed by atoms with Crippen LogP contribution in [-0.4, -0.2) is 57.7 Å². The SMILES string of the molecule is COc1cccc(C(CNC(=O)c2ccc(N3CCNC3=O)cc2)N(C)C)c1. The third kappa shape index (κ3) is 4.43. The van der Waals surface area contributed by atoms with Gasteiger partial charge < -0.3 is 20.3 Å². The van der Waals surface area contributed by atoms with Gasteiger partial charge in [0.05, 0.1) is 13.2 Å². The van der Waals surface area contributed by atoms with Crippen LogP contribution in [0.1, 0.15) is 22.0 Å². The highest BCUT2D eigenvalue weighted by Crippen LogP contribution is 2.22. The molecule has 0 aromatic heterocycles. The molecule has 1 unspecified atom stereocenters. The number of nitrogens with one attached hydrogen (secondary N) is 2. The van der Waals surface area contributed by atoms with Gasteiger partial charge in [0.1, 0.15) is 5.75 Å². The summed E-state index contributed by atoms with van der Waals surface area (Å²) < 4.78 is 5.30. The lowest BCUT2D eigenvalue weighted by molar-refractivity contribution is 0.0942. The Hall–Kier alpha value is -3.06. The van der Waals surface area contributed by atoms with Crippen LogP contribution >= 0.6 is 0 Å². The maximum atomic E-state index is 12.6. The van der Waals surface area contributed by atoms with E-state index in [1.165, 1.54) is 0 Å². The summed E-state index contributed by atoms with van der Waals surface area (Å²) in [4.78, 5) is 28.0. The molecule has 1 atom stereocenters. The zero-order chi connectivity index (χ0) is 20.1. The fraction of sp³-hybridized carbons (Fsp3) is 0.333. The molecule has 2 aromatic rings. The third-order valence-corrected chi connectivity index (χ3v) is 4.86. The average molecular weight is 382 g/mol. The van der Waals surface area contributed by atoms with E-state index in [1.54, 1.807) is 36.3 Å². The standard InChI is InChI=1S/C21H26N4O3/c1-24(2)19(16-5-4-6-18(13-16)28-3)14-23-20(26)15-7-9-17(10-8-15)25-12-11-22-21(25)27/h4-10,13,19H,11-12,14H2,1-3H3,(H,22,27)(H,23,26). The smallest absolute Gasteiger partial charge is 0.321 e. The molecule has 1 heterocycles. The van der Waals surface area contributed by atoms with Crippen molar-refractivity contribution in [2.45, 2.75) is 6.04 Å². The van der Waals surface area contributed by atoms with Crippen molar-refractivity contribution in [1.82, 2.24) is 15.5 Å². The van der Waals surface area contributed by atoms with Gasteiger partial charge in [0, 0.05) is 30.9 Å². The first kappa shape index (κ1) is 19.7. The molecule has 0 spiro atoms. The summed E-state index contributed by atoms with van der Waals surface area (Å²) in [5, 5.41) is 5.77. The minimum atomic E-state index is -0.146. The van der Waals surface area contributed by atoms with Crippen molar-refractivity contribution in [1.29, 1.82) is 0 Å². The van der Waals surface area contributed by atoms with Gasteiger partial charge in [-0.3, -0.25) is 9.69 Å². The Kier molecular flexibility index (Phi) is 6.16. The second-order valence-electron chi connectivity index (χ2n) is 6.90. The first-order chi connectivity index (χ1) is 13.5. The molecular formula is C21H26N4O3. The van der Waals surface area contributed by atoms with Crippen LogP contribution in [-0.2, 0) is 0 Å². The summed E-state index contributed by atoms with van der Waals surface area (Å²) in [5.41, 5.74) is 2.42. The van der Waals surface area contributed by atoms with Gasteiger partial charge in [0.2, 0.25) is 0 Å². The van der Waals surface area contributed by atoms with Crippen molar-refractivity contribution in [3.05, 3.63) is 59.7 Å². The number of methoxy groups -OCH3 is 1. The van der Waals surface area contributed by atoms with Gasteiger partial charge in [-0.2, -0.15) is 0 Å². The lowest BCUT2D eigenvalue weighted by Gasteiger charge is -2.25. The van der Waals surface area contributed by atoms with Crippen LogP contribution in [0.5, 0.6) is 5.75 Å². The number of carbonyl (C=O) groups excluding carboxylic acids is 2. The molecule has 1 saturated heterocycles. The van der Waals surface area contributed by atoms with E-state index in [0.717, 1.165) is 17.0 Å². The first-order valence-electron chi connectivity index (χ1n) is 9.23. The quantitative estimate of drug-likeness (QED) is 0.770. The van der Waals surface area contributed by atoms with E-state index in [4.69, 9.17) is 4.74 Å². The van der Waals surface area contributed by atoms with E-state index in [2.05, 4.69) is 15.5 Å². The Morgan fingerprint density at radius 3 is 2.61 bits per heavy atom. The van der Waals surface area contributed by atoms with Gasteiger partial charge >= 0.3 is 6.03 Å². The second kappa shape index (κ2) is 8.75. The third-order valence-electron chi connectivity index (χ3n) is 4.86. The molecule has 148 valence electrons. The number of amides is 3. The predicted molar refractivity (Wildman–Crippen MR) is 109 cm³/mol. The highest BCUT2D eigenvalue weighted by Gasteiger charge is 2.21. The summed E-state index contributed by atoms with van der Waals surface area (Å²) in [6.07, 6.45) is 0. The molecule has 7 heteroatoms. The lowest BCUT2D eigenvalue weighted by atomic mass is 10.1. The monoisotopic (exact) mass is 382 g/mol. The van der Waals surface area contributed by atoms with Crippen LogP contribution in [0.15, 0.2) is 48.5 Å². The largest absolute Gasteiger partial charge is 0.497 e. The van der Waals surface area contributed by atoms with Gasteiger partial charge in [-0.1, -0.05) is 12.1 Å². The first-order valence-corrected chi connectivity index (χ1v) is 9.23. The zero-order valence-corrected chi connectivity index (χ0v) is 16.4. The van der Waals surface area contributed by atoms with Crippen LogP contribution in [0.4, 0.5) is 10.5 Å². The Balaban J connectivity index is 1.65. The Morgan fingerprint density at radius 2 is 2.00 bits per heavy atom. The van der Waals surface area contributed by atoms with Crippen molar-refractivity contribution < 1.29 is 14.3 Å². The maximum absolute atomic E-state index is 12.6. The molecule has 1 aliphatic rings. The molecule has 2 aromatic carbocycles. The van der Waals surface area contributed by atoms with Gasteiger partial charge in [-0.25, -0.2) is 4.79 Å². The number of likely N-dealkylation sites (N-methyl/N-ethyl adjacent to an activating group) is 1. The highest BCUT2D eigenvalue weighted by atomic mass is 16.5. The number of benzene rings is 2. The molecule has 28 heavy (non-hydrogen) atoms. The van der Waals surface area contributed by atoms with E-state index in [1.807, 2.05) is 38.4 Å². The number of hydrogen-bond donors (Lipinski definition) is 2. The molecule has 0 saturated carbocycles. The van der Waals surface area contributed by atoms with E-state index >= 15 is 0 Å². The summed E-state index contributed by atoms with van der Waals surface area (Å²) in [6.45, 7) is 1.74. The minimum Gasteiger partial charge on any atom is -0.497 e. The van der Waals surface area contributed by atoms with Crippen molar-refractivity contribution >= 4 is 17.6 Å². The Morgan fingerprint density at radius 1 is 1.25 bits per heavy atom. The van der Waals surface area contributed by atoms with Gasteiger partial charge in [0.25, 0.3) is 5.91 Å². The van der Waals surface area contributed by atoms with Crippen LogP contribution in [0, 0.1) is 0 Å². The summed E-state index contributed by atoms with van der Waals surface area (Å²) in [7, 11) is 5.60. The number of hydrogen-bond acceptors (Lipinski definition) is 4.